The Bertz CT molecular complexity index is 319. The zero-order chi connectivity index (χ0) is 13.2. The summed E-state index contributed by atoms with van der Waals surface area (Å²) in [7, 11) is 1.70. The van der Waals surface area contributed by atoms with Crippen LogP contribution in [0.1, 0.15) is 12.5 Å². The molecule has 0 aliphatic rings. The van der Waals surface area contributed by atoms with Crippen molar-refractivity contribution in [2.75, 3.05) is 32.6 Å². The molecule has 4 nitrogen and oxygen atoms in total. The zero-order valence-corrected chi connectivity index (χ0v) is 11.9. The van der Waals surface area contributed by atoms with Crippen LogP contribution in [0.25, 0.3) is 0 Å². The molecule has 0 saturated carbocycles. The van der Waals surface area contributed by atoms with Crippen molar-refractivity contribution < 1.29 is 9.84 Å². The maximum Gasteiger partial charge on any atom is 0.0960 e. The predicted molar refractivity (Wildman–Crippen MR) is 74.8 cm³/mol. The fourth-order valence-corrected chi connectivity index (χ4v) is 2.14. The van der Waals surface area contributed by atoms with Crippen LogP contribution in [-0.2, 0) is 11.3 Å². The van der Waals surface area contributed by atoms with E-state index in [1.165, 1.54) is 5.56 Å². The Kier molecular flexibility index (Phi) is 8.00. The standard InChI is InChI=1S/C13H22N2O2S/c1-11(9-16)10-18-13-4-3-12(8-15-13)7-14-5-6-17-2/h3-4,8,11,14,16H,5-7,9-10H2,1-2H3. The number of nitrogens with zero attached hydrogens (tertiary/aromatic N) is 1. The SMILES string of the molecule is COCCNCc1ccc(SCC(C)CO)nc1. The summed E-state index contributed by atoms with van der Waals surface area (Å²) in [6, 6.07) is 4.11. The molecule has 1 aromatic heterocycles. The van der Waals surface area contributed by atoms with E-state index in [4.69, 9.17) is 9.84 Å². The summed E-state index contributed by atoms with van der Waals surface area (Å²) in [5.74, 6) is 1.21. The lowest BCUT2D eigenvalue weighted by atomic mass is 10.2. The highest BCUT2D eigenvalue weighted by Crippen LogP contribution is 2.18. The van der Waals surface area contributed by atoms with E-state index >= 15 is 0 Å². The molecule has 18 heavy (non-hydrogen) atoms. The lowest BCUT2D eigenvalue weighted by Crippen LogP contribution is -2.18. The zero-order valence-electron chi connectivity index (χ0n) is 11.1. The van der Waals surface area contributed by atoms with Gasteiger partial charge in [-0.25, -0.2) is 4.98 Å². The van der Waals surface area contributed by atoms with Crippen LogP contribution in [0.2, 0.25) is 0 Å². The van der Waals surface area contributed by atoms with Gasteiger partial charge >= 0.3 is 0 Å². The van der Waals surface area contributed by atoms with Crippen LogP contribution >= 0.6 is 11.8 Å². The first-order valence-corrected chi connectivity index (χ1v) is 7.13. The minimum atomic E-state index is 0.231. The highest BCUT2D eigenvalue weighted by molar-refractivity contribution is 7.99. The number of aliphatic hydroxyl groups excluding tert-OH is 1. The molecule has 0 aliphatic heterocycles. The van der Waals surface area contributed by atoms with Crippen molar-refractivity contribution in [3.63, 3.8) is 0 Å². The molecule has 1 aromatic rings. The summed E-state index contributed by atoms with van der Waals surface area (Å²) in [5.41, 5.74) is 1.17. The third kappa shape index (κ3) is 6.35. The summed E-state index contributed by atoms with van der Waals surface area (Å²) in [6.07, 6.45) is 1.89. The summed E-state index contributed by atoms with van der Waals surface area (Å²) < 4.78 is 4.96. The van der Waals surface area contributed by atoms with Gasteiger partial charge in [-0.1, -0.05) is 13.0 Å². The second-order valence-electron chi connectivity index (χ2n) is 4.27. The van der Waals surface area contributed by atoms with Crippen molar-refractivity contribution in [3.8, 4) is 0 Å². The smallest absolute Gasteiger partial charge is 0.0960 e. The highest BCUT2D eigenvalue weighted by atomic mass is 32.2. The molecule has 1 heterocycles. The molecular weight excluding hydrogens is 248 g/mol. The molecule has 0 spiro atoms. The van der Waals surface area contributed by atoms with Crippen molar-refractivity contribution >= 4 is 11.8 Å². The molecule has 1 unspecified atom stereocenters. The van der Waals surface area contributed by atoms with Crippen LogP contribution in [0.3, 0.4) is 0 Å². The number of aliphatic hydroxyl groups is 1. The Morgan fingerprint density at radius 1 is 1.50 bits per heavy atom. The lowest BCUT2D eigenvalue weighted by Gasteiger charge is -2.07. The summed E-state index contributed by atoms with van der Waals surface area (Å²) in [6.45, 7) is 4.64. The highest BCUT2D eigenvalue weighted by Gasteiger charge is 2.02. The monoisotopic (exact) mass is 270 g/mol. The van der Waals surface area contributed by atoms with Crippen molar-refractivity contribution in [2.45, 2.75) is 18.5 Å². The third-order valence-corrected chi connectivity index (χ3v) is 3.71. The number of nitrogens with one attached hydrogen (secondary N) is 1. The van der Waals surface area contributed by atoms with Crippen LogP contribution in [0.15, 0.2) is 23.4 Å². The Hall–Kier alpha value is -0.620. The molecular formula is C13H22N2O2S. The largest absolute Gasteiger partial charge is 0.396 e. The molecule has 5 heteroatoms. The second kappa shape index (κ2) is 9.33. The van der Waals surface area contributed by atoms with Gasteiger partial charge in [0.1, 0.15) is 0 Å². The van der Waals surface area contributed by atoms with Gasteiger partial charge in [0.15, 0.2) is 0 Å². The maximum absolute atomic E-state index is 8.95. The number of hydrogen-bond acceptors (Lipinski definition) is 5. The number of thioether (sulfide) groups is 1. The van der Waals surface area contributed by atoms with Crippen LogP contribution in [0.5, 0.6) is 0 Å². The van der Waals surface area contributed by atoms with Crippen LogP contribution in [0, 0.1) is 5.92 Å². The summed E-state index contributed by atoms with van der Waals surface area (Å²) in [5, 5.41) is 13.2. The van der Waals surface area contributed by atoms with Crippen LogP contribution in [0.4, 0.5) is 0 Å². The van der Waals surface area contributed by atoms with E-state index in [-0.39, 0.29) is 6.61 Å². The average Bonchev–Trinajstić information content (AvgIpc) is 2.42. The molecule has 0 amide bonds. The van der Waals surface area contributed by atoms with E-state index in [0.29, 0.717) is 5.92 Å². The summed E-state index contributed by atoms with van der Waals surface area (Å²) in [4.78, 5) is 4.39. The van der Waals surface area contributed by atoms with Gasteiger partial charge in [-0.15, -0.1) is 11.8 Å². The van der Waals surface area contributed by atoms with Crippen molar-refractivity contribution in [1.82, 2.24) is 10.3 Å². The first kappa shape index (κ1) is 15.4. The first-order chi connectivity index (χ1) is 8.76. The van der Waals surface area contributed by atoms with Gasteiger partial charge in [-0.2, -0.15) is 0 Å². The number of rotatable bonds is 9. The lowest BCUT2D eigenvalue weighted by molar-refractivity contribution is 0.199. The fraction of sp³-hybridized carbons (Fsp3) is 0.615. The van der Waals surface area contributed by atoms with E-state index in [9.17, 15) is 0 Å². The number of pyridine rings is 1. The number of ether oxygens (including phenoxy) is 1. The van der Waals surface area contributed by atoms with Gasteiger partial charge in [-0.3, -0.25) is 0 Å². The van der Waals surface area contributed by atoms with Gasteiger partial charge < -0.3 is 15.2 Å². The Morgan fingerprint density at radius 3 is 2.94 bits per heavy atom. The Morgan fingerprint density at radius 2 is 2.33 bits per heavy atom. The van der Waals surface area contributed by atoms with Crippen molar-refractivity contribution in [1.29, 1.82) is 0 Å². The molecule has 0 bridgehead atoms. The van der Waals surface area contributed by atoms with E-state index < -0.39 is 0 Å². The summed E-state index contributed by atoms with van der Waals surface area (Å²) >= 11 is 1.68. The molecule has 0 fully saturated rings. The van der Waals surface area contributed by atoms with Gasteiger partial charge in [0.05, 0.1) is 11.6 Å². The number of hydrogen-bond donors (Lipinski definition) is 2. The maximum atomic E-state index is 8.95. The van der Waals surface area contributed by atoms with Gasteiger partial charge in [-0.05, 0) is 17.5 Å². The molecule has 0 aromatic carbocycles. The molecule has 1 rings (SSSR count). The average molecular weight is 270 g/mol. The molecule has 0 aliphatic carbocycles. The van der Waals surface area contributed by atoms with Crippen LogP contribution < -0.4 is 5.32 Å². The molecule has 1 atom stereocenters. The van der Waals surface area contributed by atoms with Gasteiger partial charge in [0.25, 0.3) is 0 Å². The van der Waals surface area contributed by atoms with Crippen molar-refractivity contribution in [3.05, 3.63) is 23.9 Å². The third-order valence-electron chi connectivity index (χ3n) is 2.44. The normalized spacial score (nSPS) is 12.6. The van der Waals surface area contributed by atoms with E-state index in [1.807, 2.05) is 19.2 Å². The second-order valence-corrected chi connectivity index (χ2v) is 5.31. The fourth-order valence-electron chi connectivity index (χ4n) is 1.29. The molecule has 2 N–H and O–H groups in total. The molecule has 102 valence electrons. The van der Waals surface area contributed by atoms with E-state index in [0.717, 1.165) is 30.5 Å². The Balaban J connectivity index is 2.28. The minimum absolute atomic E-state index is 0.231. The predicted octanol–water partition coefficient (Wildman–Crippen LogP) is 1.54. The van der Waals surface area contributed by atoms with Gasteiger partial charge in [0.2, 0.25) is 0 Å². The molecule has 0 saturated heterocycles. The van der Waals surface area contributed by atoms with E-state index in [1.54, 1.807) is 18.9 Å². The topological polar surface area (TPSA) is 54.4 Å². The first-order valence-electron chi connectivity index (χ1n) is 6.14. The molecule has 0 radical (unpaired) electrons. The van der Waals surface area contributed by atoms with Gasteiger partial charge in [0, 0.05) is 38.8 Å². The van der Waals surface area contributed by atoms with Crippen molar-refractivity contribution in [2.24, 2.45) is 5.92 Å². The van der Waals surface area contributed by atoms with E-state index in [2.05, 4.69) is 16.4 Å². The van der Waals surface area contributed by atoms with Crippen LogP contribution in [-0.4, -0.2) is 42.7 Å². The number of methoxy groups -OCH3 is 1. The number of aromatic nitrogens is 1. The quantitative estimate of drug-likeness (QED) is 0.526. The Labute approximate surface area is 113 Å². The minimum Gasteiger partial charge on any atom is -0.396 e.